The first kappa shape index (κ1) is 12.1. The molecule has 0 atom stereocenters. The molecule has 0 amide bonds. The molecule has 0 saturated heterocycles. The number of nitrogens with one attached hydrogen (secondary N) is 1. The summed E-state index contributed by atoms with van der Waals surface area (Å²) in [6, 6.07) is 16.1. The van der Waals surface area contributed by atoms with Crippen LogP contribution in [-0.4, -0.2) is 5.11 Å². The molecule has 2 aliphatic rings. The maximum absolute atomic E-state index is 10.5. The van der Waals surface area contributed by atoms with E-state index in [0.717, 1.165) is 22.6 Å². The minimum Gasteiger partial charge on any atom is -0.492 e. The second-order valence-corrected chi connectivity index (χ2v) is 5.21. The number of hydrogen-bond acceptors (Lipinski definition) is 4. The third-order valence-corrected chi connectivity index (χ3v) is 3.77. The molecule has 2 N–H and O–H groups in total. The molecule has 0 fully saturated rings. The lowest BCUT2D eigenvalue weighted by atomic mass is 10.1. The third-order valence-electron chi connectivity index (χ3n) is 3.77. The number of anilines is 2. The van der Waals surface area contributed by atoms with Crippen LogP contribution in [0.25, 0.3) is 6.08 Å². The van der Waals surface area contributed by atoms with Crippen LogP contribution in [0.2, 0.25) is 0 Å². The van der Waals surface area contributed by atoms with Crippen LogP contribution in [0.1, 0.15) is 11.1 Å². The van der Waals surface area contributed by atoms with Gasteiger partial charge in [0.15, 0.2) is 0 Å². The Balaban J connectivity index is 1.77. The lowest BCUT2D eigenvalue weighted by Crippen LogP contribution is -2.42. The third kappa shape index (κ3) is 1.80. The highest BCUT2D eigenvalue weighted by atomic mass is 16.3. The summed E-state index contributed by atoms with van der Waals surface area (Å²) in [5.41, 5.74) is 8.20. The second-order valence-electron chi connectivity index (χ2n) is 5.21. The highest BCUT2D eigenvalue weighted by Crippen LogP contribution is 2.35. The quantitative estimate of drug-likeness (QED) is 0.837. The summed E-state index contributed by atoms with van der Waals surface area (Å²) in [6.07, 6.45) is 3.93. The van der Waals surface area contributed by atoms with Crippen LogP contribution >= 0.6 is 0 Å². The van der Waals surface area contributed by atoms with Gasteiger partial charge in [0.05, 0.1) is 11.4 Å². The second kappa shape index (κ2) is 4.40. The average Bonchev–Trinajstić information content (AvgIpc) is 2.86. The van der Waals surface area contributed by atoms with E-state index in [-0.39, 0.29) is 5.88 Å². The Morgan fingerprint density at radius 3 is 2.48 bits per heavy atom. The van der Waals surface area contributed by atoms with Crippen LogP contribution in [0, 0.1) is 6.92 Å². The molecule has 104 valence electrons. The number of benzene rings is 2. The summed E-state index contributed by atoms with van der Waals surface area (Å²) >= 11 is 0. The maximum atomic E-state index is 10.5. The van der Waals surface area contributed by atoms with Gasteiger partial charge in [0, 0.05) is 0 Å². The van der Waals surface area contributed by atoms with Crippen molar-refractivity contribution in [2.24, 2.45) is 0 Å². The van der Waals surface area contributed by atoms with Crippen molar-refractivity contribution >= 4 is 17.5 Å². The van der Waals surface area contributed by atoms with Gasteiger partial charge in [-0.25, -0.2) is 5.01 Å². The van der Waals surface area contributed by atoms with Crippen LogP contribution in [0.15, 0.2) is 66.2 Å². The van der Waals surface area contributed by atoms with E-state index < -0.39 is 0 Å². The van der Waals surface area contributed by atoms with Crippen molar-refractivity contribution in [1.82, 2.24) is 5.53 Å². The highest BCUT2D eigenvalue weighted by Gasteiger charge is 2.32. The van der Waals surface area contributed by atoms with Crippen molar-refractivity contribution < 1.29 is 5.11 Å². The first-order valence-electron chi connectivity index (χ1n) is 6.87. The lowest BCUT2D eigenvalue weighted by molar-refractivity contribution is 0.388. The molecule has 0 radical (unpaired) electrons. The van der Waals surface area contributed by atoms with Gasteiger partial charge >= 0.3 is 0 Å². The number of aliphatic hydroxyl groups excluding tert-OH is 1. The SMILES string of the molecule is Cc1ccc(N2NN3C(=C2O)C=Cc2ccccc23)cc1. The molecule has 4 heteroatoms. The smallest absolute Gasteiger partial charge is 0.234 e. The predicted molar refractivity (Wildman–Crippen MR) is 84.4 cm³/mol. The van der Waals surface area contributed by atoms with Crippen molar-refractivity contribution in [3.8, 4) is 0 Å². The molecule has 21 heavy (non-hydrogen) atoms. The largest absolute Gasteiger partial charge is 0.492 e. The van der Waals surface area contributed by atoms with E-state index in [9.17, 15) is 5.11 Å². The zero-order chi connectivity index (χ0) is 14.4. The molecule has 0 unspecified atom stereocenters. The summed E-state index contributed by atoms with van der Waals surface area (Å²) < 4.78 is 0. The number of aliphatic hydroxyl groups is 1. The average molecular weight is 277 g/mol. The van der Waals surface area contributed by atoms with Crippen LogP contribution in [-0.2, 0) is 0 Å². The number of allylic oxidation sites excluding steroid dienone is 1. The number of fused-ring (bicyclic) bond motifs is 3. The van der Waals surface area contributed by atoms with Gasteiger partial charge in [0.2, 0.25) is 5.88 Å². The topological polar surface area (TPSA) is 38.7 Å². The van der Waals surface area contributed by atoms with Crippen LogP contribution in [0.4, 0.5) is 11.4 Å². The van der Waals surface area contributed by atoms with Crippen molar-refractivity contribution in [3.63, 3.8) is 0 Å². The molecule has 0 aliphatic carbocycles. The number of aryl methyl sites for hydroxylation is 1. The van der Waals surface area contributed by atoms with Crippen LogP contribution in [0.3, 0.4) is 0 Å². The van der Waals surface area contributed by atoms with Crippen molar-refractivity contribution in [2.45, 2.75) is 6.92 Å². The van der Waals surface area contributed by atoms with Gasteiger partial charge in [-0.05, 0) is 36.8 Å². The maximum Gasteiger partial charge on any atom is 0.234 e. The van der Waals surface area contributed by atoms with Gasteiger partial charge < -0.3 is 5.11 Å². The number of nitrogens with zero attached hydrogens (tertiary/aromatic N) is 2. The molecule has 0 aromatic heterocycles. The molecule has 0 saturated carbocycles. The fourth-order valence-corrected chi connectivity index (χ4v) is 2.62. The Hall–Kier alpha value is -2.72. The van der Waals surface area contributed by atoms with Gasteiger partial charge in [-0.2, -0.15) is 0 Å². The number of para-hydroxylation sites is 1. The van der Waals surface area contributed by atoms with Crippen molar-refractivity contribution in [1.29, 1.82) is 0 Å². The molecular weight excluding hydrogens is 262 g/mol. The van der Waals surface area contributed by atoms with Gasteiger partial charge in [0.1, 0.15) is 5.70 Å². The number of hydrazine groups is 2. The molecule has 4 rings (SSSR count). The van der Waals surface area contributed by atoms with E-state index in [4.69, 9.17) is 0 Å². The zero-order valence-electron chi connectivity index (χ0n) is 11.6. The molecule has 2 aromatic carbocycles. The van der Waals surface area contributed by atoms with Gasteiger partial charge in [-0.1, -0.05) is 42.0 Å². The zero-order valence-corrected chi connectivity index (χ0v) is 11.6. The van der Waals surface area contributed by atoms with Crippen LogP contribution < -0.4 is 15.6 Å². The Kier molecular flexibility index (Phi) is 2.52. The van der Waals surface area contributed by atoms with E-state index in [1.807, 2.05) is 66.5 Å². The first-order valence-corrected chi connectivity index (χ1v) is 6.87. The first-order chi connectivity index (χ1) is 10.2. The normalized spacial score (nSPS) is 16.2. The van der Waals surface area contributed by atoms with E-state index >= 15 is 0 Å². The summed E-state index contributed by atoms with van der Waals surface area (Å²) in [5, 5.41) is 14.1. The predicted octanol–water partition coefficient (Wildman–Crippen LogP) is 3.50. The van der Waals surface area contributed by atoms with Gasteiger partial charge in [-0.15, -0.1) is 5.53 Å². The molecule has 0 bridgehead atoms. The lowest BCUT2D eigenvalue weighted by Gasteiger charge is -2.26. The molecule has 4 nitrogen and oxygen atoms in total. The Morgan fingerprint density at radius 1 is 0.905 bits per heavy atom. The minimum absolute atomic E-state index is 0.199. The van der Waals surface area contributed by atoms with Crippen molar-refractivity contribution in [3.05, 3.63) is 77.3 Å². The number of hydrogen-bond donors (Lipinski definition) is 2. The molecule has 2 aliphatic heterocycles. The van der Waals surface area contributed by atoms with E-state index in [1.54, 1.807) is 5.01 Å². The molecule has 0 spiro atoms. The highest BCUT2D eigenvalue weighted by molar-refractivity contribution is 5.78. The summed E-state index contributed by atoms with van der Waals surface area (Å²) in [7, 11) is 0. The Labute approximate surface area is 123 Å². The minimum atomic E-state index is 0.199. The summed E-state index contributed by atoms with van der Waals surface area (Å²) in [5.74, 6) is 0.199. The molecule has 2 aromatic rings. The fourth-order valence-electron chi connectivity index (χ4n) is 2.62. The van der Waals surface area contributed by atoms with Gasteiger partial charge in [0.25, 0.3) is 0 Å². The number of rotatable bonds is 1. The molecule has 2 heterocycles. The summed E-state index contributed by atoms with van der Waals surface area (Å²) in [6.45, 7) is 2.04. The Morgan fingerprint density at radius 2 is 1.67 bits per heavy atom. The van der Waals surface area contributed by atoms with E-state index in [0.29, 0.717) is 0 Å². The van der Waals surface area contributed by atoms with E-state index in [2.05, 4.69) is 11.6 Å². The van der Waals surface area contributed by atoms with Crippen molar-refractivity contribution in [2.75, 3.05) is 10.0 Å². The van der Waals surface area contributed by atoms with E-state index in [1.165, 1.54) is 5.56 Å². The monoisotopic (exact) mass is 277 g/mol. The molecular formula is C17H15N3O. The summed E-state index contributed by atoms with van der Waals surface area (Å²) in [4.78, 5) is 0. The fraction of sp³-hybridized carbons (Fsp3) is 0.0588. The Bertz CT molecular complexity index is 762. The van der Waals surface area contributed by atoms with Gasteiger partial charge in [-0.3, -0.25) is 5.01 Å². The standard InChI is InChI=1S/C17H15N3O/c1-12-6-9-14(10-7-12)19-17(21)16-11-8-13-4-2-3-5-15(13)20(16)18-19/h2-11,18,21H,1H3. The van der Waals surface area contributed by atoms with Crippen LogP contribution in [0.5, 0.6) is 0 Å².